The monoisotopic (exact) mass is 189 g/mol. The van der Waals surface area contributed by atoms with Gasteiger partial charge < -0.3 is 5.32 Å². The number of rotatable bonds is 0. The fourth-order valence-electron chi connectivity index (χ4n) is 2.73. The first-order valence-electron chi connectivity index (χ1n) is 5.56. The van der Waals surface area contributed by atoms with Crippen LogP contribution in [0.3, 0.4) is 0 Å². The van der Waals surface area contributed by atoms with Crippen LogP contribution in [-0.2, 0) is 0 Å². The summed E-state index contributed by atoms with van der Waals surface area (Å²) in [5, 5.41) is 3.43. The van der Waals surface area contributed by atoms with E-state index < -0.39 is 0 Å². The number of piperidine rings is 1. The van der Waals surface area contributed by atoms with Crippen molar-refractivity contribution in [3.63, 3.8) is 0 Å². The van der Waals surface area contributed by atoms with Crippen LogP contribution in [0.5, 0.6) is 0 Å². The summed E-state index contributed by atoms with van der Waals surface area (Å²) in [6, 6.07) is 0. The van der Waals surface area contributed by atoms with Crippen LogP contribution in [0.1, 0.15) is 26.7 Å². The smallest absolute Gasteiger partial charge is 0.0162 e. The van der Waals surface area contributed by atoms with Crippen LogP contribution in [0.25, 0.3) is 0 Å². The molecule has 2 aliphatic rings. The minimum Gasteiger partial charge on any atom is -0.317 e. The van der Waals surface area contributed by atoms with Crippen molar-refractivity contribution in [1.29, 1.82) is 0 Å². The molecule has 1 fully saturated rings. The third-order valence-electron chi connectivity index (χ3n) is 3.52. The molecular weight excluding hydrogens is 170 g/mol. The fourth-order valence-corrected chi connectivity index (χ4v) is 2.73. The average Bonchev–Trinajstić information content (AvgIpc) is 2.57. The lowest BCUT2D eigenvalue weighted by Gasteiger charge is -2.34. The summed E-state index contributed by atoms with van der Waals surface area (Å²) in [4.78, 5) is 0. The second kappa shape index (κ2) is 3.74. The lowest BCUT2D eigenvalue weighted by Crippen LogP contribution is -2.35. The molecule has 0 amide bonds. The van der Waals surface area contributed by atoms with Gasteiger partial charge in [-0.2, -0.15) is 0 Å². The minimum atomic E-state index is 0.363. The topological polar surface area (TPSA) is 12.0 Å². The summed E-state index contributed by atoms with van der Waals surface area (Å²) >= 11 is 0. The second-order valence-corrected chi connectivity index (χ2v) is 4.19. The molecule has 0 atom stereocenters. The van der Waals surface area contributed by atoms with Crippen molar-refractivity contribution in [2.45, 2.75) is 26.7 Å². The minimum absolute atomic E-state index is 0.363. The van der Waals surface area contributed by atoms with E-state index in [1.165, 1.54) is 18.4 Å². The van der Waals surface area contributed by atoms with Crippen molar-refractivity contribution in [2.24, 2.45) is 5.41 Å². The Kier molecular flexibility index (Phi) is 2.60. The van der Waals surface area contributed by atoms with Gasteiger partial charge >= 0.3 is 0 Å². The molecule has 76 valence electrons. The quantitative estimate of drug-likeness (QED) is 0.618. The van der Waals surface area contributed by atoms with E-state index >= 15 is 0 Å². The van der Waals surface area contributed by atoms with Crippen molar-refractivity contribution in [3.8, 4) is 0 Å². The van der Waals surface area contributed by atoms with Crippen LogP contribution in [0, 0.1) is 5.41 Å². The Morgan fingerprint density at radius 2 is 1.93 bits per heavy atom. The maximum absolute atomic E-state index is 3.43. The summed E-state index contributed by atoms with van der Waals surface area (Å²) in [5.41, 5.74) is 3.33. The van der Waals surface area contributed by atoms with Crippen molar-refractivity contribution in [2.75, 3.05) is 13.1 Å². The van der Waals surface area contributed by atoms with Crippen LogP contribution < -0.4 is 5.32 Å². The number of allylic oxidation sites excluding steroid dienone is 6. The summed E-state index contributed by atoms with van der Waals surface area (Å²) in [6.07, 6.45) is 11.7. The molecule has 0 bridgehead atoms. The van der Waals surface area contributed by atoms with Gasteiger partial charge in [0, 0.05) is 5.41 Å². The van der Waals surface area contributed by atoms with Crippen LogP contribution in [-0.4, -0.2) is 13.1 Å². The van der Waals surface area contributed by atoms with E-state index in [0.717, 1.165) is 13.1 Å². The molecule has 1 aliphatic heterocycles. The van der Waals surface area contributed by atoms with Crippen molar-refractivity contribution in [3.05, 3.63) is 35.5 Å². The molecular formula is C13H19N. The van der Waals surface area contributed by atoms with E-state index in [-0.39, 0.29) is 0 Å². The Morgan fingerprint density at radius 1 is 1.21 bits per heavy atom. The Morgan fingerprint density at radius 3 is 2.50 bits per heavy atom. The lowest BCUT2D eigenvalue weighted by atomic mass is 9.74. The molecule has 2 rings (SSSR count). The van der Waals surface area contributed by atoms with E-state index in [4.69, 9.17) is 0 Å². The molecule has 1 N–H and O–H groups in total. The highest BCUT2D eigenvalue weighted by Crippen LogP contribution is 2.46. The predicted octanol–water partition coefficient (Wildman–Crippen LogP) is 2.82. The van der Waals surface area contributed by atoms with Gasteiger partial charge in [0.2, 0.25) is 0 Å². The normalized spacial score (nSPS) is 30.7. The van der Waals surface area contributed by atoms with E-state index in [1.54, 1.807) is 5.57 Å². The van der Waals surface area contributed by atoms with E-state index in [9.17, 15) is 0 Å². The average molecular weight is 189 g/mol. The highest BCUT2D eigenvalue weighted by atomic mass is 14.9. The zero-order valence-corrected chi connectivity index (χ0v) is 9.14. The number of nitrogens with one attached hydrogen (secondary N) is 1. The van der Waals surface area contributed by atoms with Crippen LogP contribution >= 0.6 is 0 Å². The van der Waals surface area contributed by atoms with Gasteiger partial charge in [0.1, 0.15) is 0 Å². The van der Waals surface area contributed by atoms with Gasteiger partial charge in [-0.3, -0.25) is 0 Å². The Balaban J connectivity index is 2.33. The summed E-state index contributed by atoms with van der Waals surface area (Å²) in [5.74, 6) is 0. The van der Waals surface area contributed by atoms with Gasteiger partial charge in [-0.1, -0.05) is 24.3 Å². The molecule has 1 aliphatic carbocycles. The first-order valence-corrected chi connectivity index (χ1v) is 5.56. The predicted molar refractivity (Wildman–Crippen MR) is 61.2 cm³/mol. The molecule has 0 saturated carbocycles. The molecule has 0 unspecified atom stereocenters. The summed E-state index contributed by atoms with van der Waals surface area (Å²) in [7, 11) is 0. The number of hydrogen-bond acceptors (Lipinski definition) is 1. The van der Waals surface area contributed by atoms with Crippen molar-refractivity contribution < 1.29 is 0 Å². The van der Waals surface area contributed by atoms with E-state index in [1.807, 2.05) is 0 Å². The van der Waals surface area contributed by atoms with Crippen LogP contribution in [0.2, 0.25) is 0 Å². The molecule has 14 heavy (non-hydrogen) atoms. The fraction of sp³-hybridized carbons (Fsp3) is 0.538. The van der Waals surface area contributed by atoms with Gasteiger partial charge in [-0.25, -0.2) is 0 Å². The first kappa shape index (κ1) is 9.72. The maximum atomic E-state index is 3.43. The third kappa shape index (κ3) is 1.36. The lowest BCUT2D eigenvalue weighted by molar-refractivity contribution is 0.334. The molecule has 0 aromatic rings. The van der Waals surface area contributed by atoms with Gasteiger partial charge in [0.25, 0.3) is 0 Å². The highest BCUT2D eigenvalue weighted by Gasteiger charge is 2.36. The van der Waals surface area contributed by atoms with Crippen LogP contribution in [0.4, 0.5) is 0 Å². The van der Waals surface area contributed by atoms with E-state index in [2.05, 4.69) is 43.5 Å². The molecule has 0 aromatic carbocycles. The SMILES string of the molecule is C/C=C1/C=CC2(CCNCC2)/C1=C/C. The highest BCUT2D eigenvalue weighted by molar-refractivity contribution is 5.52. The van der Waals surface area contributed by atoms with E-state index in [0.29, 0.717) is 5.41 Å². The third-order valence-corrected chi connectivity index (χ3v) is 3.52. The van der Waals surface area contributed by atoms with Gasteiger partial charge in [-0.15, -0.1) is 0 Å². The molecule has 0 radical (unpaired) electrons. The summed E-state index contributed by atoms with van der Waals surface area (Å²) < 4.78 is 0. The molecule has 0 aromatic heterocycles. The zero-order chi connectivity index (χ0) is 10.0. The molecule has 1 nitrogen and oxygen atoms in total. The standard InChI is InChI=1S/C13H19N/c1-3-11-5-6-13(12(11)4-2)7-9-14-10-8-13/h3-6,14H,7-10H2,1-2H3/b11-3-,12-4+. The Labute approximate surface area is 86.6 Å². The first-order chi connectivity index (χ1) is 6.82. The summed E-state index contributed by atoms with van der Waals surface area (Å²) in [6.45, 7) is 6.59. The molecule has 1 saturated heterocycles. The zero-order valence-electron chi connectivity index (χ0n) is 9.14. The van der Waals surface area contributed by atoms with Gasteiger partial charge in [0.15, 0.2) is 0 Å². The molecule has 1 heterocycles. The molecule has 1 spiro atoms. The maximum Gasteiger partial charge on any atom is 0.0162 e. The number of hydrogen-bond donors (Lipinski definition) is 1. The van der Waals surface area contributed by atoms with Gasteiger partial charge in [0.05, 0.1) is 0 Å². The van der Waals surface area contributed by atoms with Crippen molar-refractivity contribution >= 4 is 0 Å². The molecule has 1 heteroatoms. The Hall–Kier alpha value is -0.820. The largest absolute Gasteiger partial charge is 0.317 e. The second-order valence-electron chi connectivity index (χ2n) is 4.19. The van der Waals surface area contributed by atoms with Gasteiger partial charge in [-0.05, 0) is 50.9 Å². The Bertz CT molecular complexity index is 301. The van der Waals surface area contributed by atoms with Crippen molar-refractivity contribution in [1.82, 2.24) is 5.32 Å². The van der Waals surface area contributed by atoms with Crippen LogP contribution in [0.15, 0.2) is 35.5 Å².